The van der Waals surface area contributed by atoms with Crippen LogP contribution < -0.4 is 10.6 Å². The number of aromatic hydroxyl groups is 1. The molecule has 164 valence electrons. The highest BCUT2D eigenvalue weighted by molar-refractivity contribution is 5.80. The first-order chi connectivity index (χ1) is 15.7. The van der Waals surface area contributed by atoms with Crippen molar-refractivity contribution in [2.75, 3.05) is 25.0 Å². The Labute approximate surface area is 186 Å². The lowest BCUT2D eigenvalue weighted by atomic mass is 10.0. The van der Waals surface area contributed by atoms with Crippen molar-refractivity contribution in [2.45, 2.75) is 31.7 Å². The SMILES string of the molecule is CC(CNc1cc(-c2cnc3c(cnn3C3CCNCC3)c2)ncn1)c1ccccc1O. The van der Waals surface area contributed by atoms with Gasteiger partial charge < -0.3 is 15.7 Å². The molecule has 1 atom stereocenters. The largest absolute Gasteiger partial charge is 0.508 e. The van der Waals surface area contributed by atoms with Crippen LogP contribution in [0.5, 0.6) is 5.75 Å². The fraction of sp³-hybridized carbons (Fsp3) is 0.333. The normalized spacial score (nSPS) is 15.7. The van der Waals surface area contributed by atoms with Crippen LogP contribution >= 0.6 is 0 Å². The van der Waals surface area contributed by atoms with Crippen molar-refractivity contribution in [2.24, 2.45) is 0 Å². The number of nitrogens with one attached hydrogen (secondary N) is 2. The molecule has 1 aliphatic heterocycles. The highest BCUT2D eigenvalue weighted by Gasteiger charge is 2.19. The van der Waals surface area contributed by atoms with Gasteiger partial charge in [0, 0.05) is 35.7 Å². The molecule has 0 radical (unpaired) electrons. The molecule has 3 aromatic heterocycles. The van der Waals surface area contributed by atoms with Gasteiger partial charge in [0.05, 0.1) is 17.9 Å². The number of aromatic nitrogens is 5. The predicted octanol–water partition coefficient (Wildman–Crippen LogP) is 3.73. The molecule has 1 aromatic carbocycles. The van der Waals surface area contributed by atoms with Crippen LogP contribution in [0.2, 0.25) is 0 Å². The summed E-state index contributed by atoms with van der Waals surface area (Å²) in [6.07, 6.45) is 7.45. The zero-order valence-electron chi connectivity index (χ0n) is 18.1. The smallest absolute Gasteiger partial charge is 0.158 e. The van der Waals surface area contributed by atoms with Crippen LogP contribution in [0.25, 0.3) is 22.3 Å². The molecule has 3 N–H and O–H groups in total. The number of para-hydroxylation sites is 1. The highest BCUT2D eigenvalue weighted by Crippen LogP contribution is 2.27. The Bertz CT molecular complexity index is 1220. The fourth-order valence-electron chi connectivity index (χ4n) is 4.28. The quantitative estimate of drug-likeness (QED) is 0.429. The molecule has 0 spiro atoms. The molecule has 0 amide bonds. The van der Waals surface area contributed by atoms with Gasteiger partial charge in [-0.3, -0.25) is 0 Å². The maximum absolute atomic E-state index is 10.1. The molecule has 8 nitrogen and oxygen atoms in total. The van der Waals surface area contributed by atoms with Crippen molar-refractivity contribution >= 4 is 16.9 Å². The van der Waals surface area contributed by atoms with E-state index in [0.29, 0.717) is 18.3 Å². The summed E-state index contributed by atoms with van der Waals surface area (Å²) in [5.41, 5.74) is 3.57. The van der Waals surface area contributed by atoms with Gasteiger partial charge in [0.15, 0.2) is 5.65 Å². The van der Waals surface area contributed by atoms with Crippen molar-refractivity contribution in [3.8, 4) is 17.0 Å². The van der Waals surface area contributed by atoms with E-state index in [4.69, 9.17) is 4.98 Å². The van der Waals surface area contributed by atoms with Crippen molar-refractivity contribution < 1.29 is 5.11 Å². The van der Waals surface area contributed by atoms with Gasteiger partial charge in [-0.2, -0.15) is 5.10 Å². The molecule has 4 aromatic rings. The number of piperidine rings is 1. The summed E-state index contributed by atoms with van der Waals surface area (Å²) >= 11 is 0. The van der Waals surface area contributed by atoms with Gasteiger partial charge in [0.2, 0.25) is 0 Å². The topological polar surface area (TPSA) is 101 Å². The average Bonchev–Trinajstić information content (AvgIpc) is 3.27. The molecule has 0 saturated carbocycles. The minimum atomic E-state index is 0.133. The molecule has 0 aliphatic carbocycles. The molecular formula is C24H27N7O. The predicted molar refractivity (Wildman–Crippen MR) is 125 cm³/mol. The number of phenolic OH excluding ortho intramolecular Hbond substituents is 1. The Kier molecular flexibility index (Phi) is 5.68. The van der Waals surface area contributed by atoms with E-state index in [1.165, 1.54) is 0 Å². The van der Waals surface area contributed by atoms with E-state index in [1.807, 2.05) is 36.7 Å². The lowest BCUT2D eigenvalue weighted by Gasteiger charge is -2.23. The van der Waals surface area contributed by atoms with Crippen LogP contribution in [-0.2, 0) is 0 Å². The number of benzene rings is 1. The Balaban J connectivity index is 1.33. The van der Waals surface area contributed by atoms with Crippen molar-refractivity contribution in [1.82, 2.24) is 30.0 Å². The van der Waals surface area contributed by atoms with Crippen LogP contribution in [0, 0.1) is 0 Å². The van der Waals surface area contributed by atoms with E-state index in [9.17, 15) is 5.11 Å². The lowest BCUT2D eigenvalue weighted by molar-refractivity contribution is 0.350. The summed E-state index contributed by atoms with van der Waals surface area (Å²) in [6.45, 7) is 4.75. The highest BCUT2D eigenvalue weighted by atomic mass is 16.3. The molecule has 4 heterocycles. The number of anilines is 1. The molecule has 1 saturated heterocycles. The second-order valence-electron chi connectivity index (χ2n) is 8.34. The second kappa shape index (κ2) is 8.92. The van der Waals surface area contributed by atoms with E-state index >= 15 is 0 Å². The van der Waals surface area contributed by atoms with Crippen molar-refractivity contribution in [3.63, 3.8) is 0 Å². The monoisotopic (exact) mass is 429 g/mol. The van der Waals surface area contributed by atoms with E-state index in [-0.39, 0.29) is 5.92 Å². The third-order valence-corrected chi connectivity index (χ3v) is 6.11. The van der Waals surface area contributed by atoms with E-state index < -0.39 is 0 Å². The van der Waals surface area contributed by atoms with Crippen molar-refractivity contribution in [1.29, 1.82) is 0 Å². The molecule has 0 bridgehead atoms. The minimum absolute atomic E-state index is 0.133. The standard InChI is InChI=1S/C24H27N7O/c1-16(20-4-2-3-5-22(20)32)12-26-23-11-21(28-15-29-23)17-10-18-14-30-31(24(18)27-13-17)19-6-8-25-9-7-19/h2-5,10-11,13-16,19,25,32H,6-9,12H2,1H3,(H,26,28,29). The minimum Gasteiger partial charge on any atom is -0.508 e. The molecule has 8 heteroatoms. The first kappa shape index (κ1) is 20.4. The van der Waals surface area contributed by atoms with Gasteiger partial charge in [0.1, 0.15) is 17.9 Å². The number of hydrogen-bond donors (Lipinski definition) is 3. The average molecular weight is 430 g/mol. The summed E-state index contributed by atoms with van der Waals surface area (Å²) < 4.78 is 2.06. The fourth-order valence-corrected chi connectivity index (χ4v) is 4.28. The molecule has 1 fully saturated rings. The first-order valence-electron chi connectivity index (χ1n) is 11.1. The maximum Gasteiger partial charge on any atom is 0.158 e. The van der Waals surface area contributed by atoms with Gasteiger partial charge in [-0.15, -0.1) is 0 Å². The van der Waals surface area contributed by atoms with E-state index in [0.717, 1.165) is 59.6 Å². The van der Waals surface area contributed by atoms with E-state index in [2.05, 4.69) is 43.4 Å². The number of fused-ring (bicyclic) bond motifs is 1. The number of nitrogens with zero attached hydrogens (tertiary/aromatic N) is 5. The molecular weight excluding hydrogens is 402 g/mol. The molecule has 1 aliphatic rings. The lowest BCUT2D eigenvalue weighted by Crippen LogP contribution is -2.29. The number of rotatable bonds is 6. The Morgan fingerprint density at radius 3 is 2.81 bits per heavy atom. The molecule has 32 heavy (non-hydrogen) atoms. The zero-order chi connectivity index (χ0) is 21.9. The third kappa shape index (κ3) is 4.13. The Morgan fingerprint density at radius 1 is 1.12 bits per heavy atom. The number of pyridine rings is 1. The van der Waals surface area contributed by atoms with Crippen LogP contribution in [0.4, 0.5) is 5.82 Å². The summed E-state index contributed by atoms with van der Waals surface area (Å²) in [4.78, 5) is 13.5. The van der Waals surface area contributed by atoms with Gasteiger partial charge >= 0.3 is 0 Å². The summed E-state index contributed by atoms with van der Waals surface area (Å²) in [7, 11) is 0. The number of phenols is 1. The zero-order valence-corrected chi connectivity index (χ0v) is 18.1. The van der Waals surface area contributed by atoms with Gasteiger partial charge in [-0.25, -0.2) is 19.6 Å². The van der Waals surface area contributed by atoms with Crippen LogP contribution in [0.15, 0.2) is 55.1 Å². The Hall–Kier alpha value is -3.52. The molecule has 1 unspecified atom stereocenters. The third-order valence-electron chi connectivity index (χ3n) is 6.11. The van der Waals surface area contributed by atoms with Crippen molar-refractivity contribution in [3.05, 3.63) is 60.7 Å². The van der Waals surface area contributed by atoms with Crippen LogP contribution in [0.1, 0.15) is 37.3 Å². The van der Waals surface area contributed by atoms with E-state index in [1.54, 1.807) is 12.4 Å². The van der Waals surface area contributed by atoms with Gasteiger partial charge in [0.25, 0.3) is 0 Å². The van der Waals surface area contributed by atoms with Crippen LogP contribution in [0.3, 0.4) is 0 Å². The molecule has 5 rings (SSSR count). The first-order valence-corrected chi connectivity index (χ1v) is 11.1. The summed E-state index contributed by atoms with van der Waals surface area (Å²) in [6, 6.07) is 11.8. The Morgan fingerprint density at radius 2 is 1.97 bits per heavy atom. The second-order valence-corrected chi connectivity index (χ2v) is 8.34. The number of hydrogen-bond acceptors (Lipinski definition) is 7. The summed E-state index contributed by atoms with van der Waals surface area (Å²) in [5, 5.41) is 22.5. The summed E-state index contributed by atoms with van der Waals surface area (Å²) in [5.74, 6) is 1.19. The van der Waals surface area contributed by atoms with Gasteiger partial charge in [-0.05, 0) is 43.6 Å². The van der Waals surface area contributed by atoms with Crippen LogP contribution in [-0.4, -0.2) is 49.5 Å². The maximum atomic E-state index is 10.1. The van der Waals surface area contributed by atoms with Gasteiger partial charge in [-0.1, -0.05) is 25.1 Å².